The third-order valence-corrected chi connectivity index (χ3v) is 3.86. The molecule has 0 unspecified atom stereocenters. The van der Waals surface area contributed by atoms with Crippen LogP contribution in [-0.2, 0) is 4.74 Å². The molecule has 0 radical (unpaired) electrons. The van der Waals surface area contributed by atoms with E-state index in [1.54, 1.807) is 7.11 Å². The molecule has 1 rings (SSSR count). The summed E-state index contributed by atoms with van der Waals surface area (Å²) in [4.78, 5) is 7.19. The molecule has 0 atom stereocenters. The van der Waals surface area contributed by atoms with Crippen LogP contribution in [0.25, 0.3) is 0 Å². The van der Waals surface area contributed by atoms with E-state index in [0.717, 1.165) is 31.6 Å². The number of hydrogen-bond acceptors (Lipinski definition) is 3. The minimum atomic E-state index is -0.222. The van der Waals surface area contributed by atoms with E-state index < -0.39 is 0 Å². The predicted octanol–water partition coefficient (Wildman–Crippen LogP) is 2.46. The van der Waals surface area contributed by atoms with Gasteiger partial charge in [-0.05, 0) is 47.5 Å². The van der Waals surface area contributed by atoms with Gasteiger partial charge < -0.3 is 15.4 Å². The second-order valence-corrected chi connectivity index (χ2v) is 6.65. The van der Waals surface area contributed by atoms with Gasteiger partial charge in [-0.15, -0.1) is 24.0 Å². The minimum absolute atomic E-state index is 0. The van der Waals surface area contributed by atoms with Gasteiger partial charge in [0.2, 0.25) is 0 Å². The van der Waals surface area contributed by atoms with Crippen LogP contribution in [0.1, 0.15) is 47.5 Å². The first-order valence-corrected chi connectivity index (χ1v) is 8.22. The van der Waals surface area contributed by atoms with Crippen LogP contribution in [0.15, 0.2) is 4.99 Å². The van der Waals surface area contributed by atoms with Crippen LogP contribution in [0.5, 0.6) is 0 Å². The monoisotopic (exact) mass is 426 g/mol. The average Bonchev–Trinajstić information content (AvgIpc) is 3.24. The molecule has 0 saturated heterocycles. The Balaban J connectivity index is 0.00000441. The lowest BCUT2D eigenvalue weighted by molar-refractivity contribution is 0.0310. The van der Waals surface area contributed by atoms with Crippen LogP contribution >= 0.6 is 24.0 Å². The van der Waals surface area contributed by atoms with Crippen LogP contribution in [0.2, 0.25) is 0 Å². The first-order valence-electron chi connectivity index (χ1n) is 8.22. The van der Waals surface area contributed by atoms with Crippen molar-refractivity contribution < 1.29 is 4.74 Å². The average molecular weight is 426 g/mol. The number of rotatable bonds is 9. The topological polar surface area (TPSA) is 48.9 Å². The lowest BCUT2D eigenvalue weighted by Gasteiger charge is -2.27. The van der Waals surface area contributed by atoms with Crippen molar-refractivity contribution in [2.45, 2.75) is 65.1 Å². The smallest absolute Gasteiger partial charge is 0.191 e. The van der Waals surface area contributed by atoms with Crippen molar-refractivity contribution in [3.63, 3.8) is 0 Å². The summed E-state index contributed by atoms with van der Waals surface area (Å²) in [6.45, 7) is 14.3. The number of nitrogens with one attached hydrogen (secondary N) is 2. The Morgan fingerprint density at radius 2 is 1.95 bits per heavy atom. The molecule has 1 fully saturated rings. The number of guanidine groups is 1. The summed E-state index contributed by atoms with van der Waals surface area (Å²) in [5.41, 5.74) is -0.222. The Labute approximate surface area is 153 Å². The Hall–Kier alpha value is -0.0800. The molecule has 6 heteroatoms. The first kappa shape index (κ1) is 21.9. The highest BCUT2D eigenvalue weighted by molar-refractivity contribution is 14.0. The number of methoxy groups -OCH3 is 1. The summed E-state index contributed by atoms with van der Waals surface area (Å²) >= 11 is 0. The molecule has 1 aliphatic rings. The molecule has 0 aromatic carbocycles. The zero-order valence-corrected chi connectivity index (χ0v) is 17.4. The van der Waals surface area contributed by atoms with Crippen LogP contribution in [0, 0.1) is 0 Å². The van der Waals surface area contributed by atoms with Crippen LogP contribution in [0.4, 0.5) is 0 Å². The maximum atomic E-state index is 5.41. The molecule has 2 N–H and O–H groups in total. The first-order chi connectivity index (χ1) is 9.89. The molecule has 132 valence electrons. The molecule has 0 spiro atoms. The van der Waals surface area contributed by atoms with E-state index in [9.17, 15) is 0 Å². The zero-order chi connectivity index (χ0) is 15.9. The van der Waals surface area contributed by atoms with E-state index in [2.05, 4.69) is 41.3 Å². The summed E-state index contributed by atoms with van der Waals surface area (Å²) < 4.78 is 5.41. The number of aliphatic imine (C=N–C) groups is 1. The van der Waals surface area contributed by atoms with Gasteiger partial charge in [-0.2, -0.15) is 0 Å². The molecule has 0 aliphatic heterocycles. The standard InChI is InChI=1S/C16H34N4O.HI/c1-7-17-15(19-12-16(4,5)21-6)18-10-11-20(13(2)3)14-8-9-14;/h13-14H,7-12H2,1-6H3,(H2,17,18,19);1H. The SMILES string of the molecule is CCNC(=NCC(C)(C)OC)NCCN(C(C)C)C1CC1.I. The molecule has 0 amide bonds. The summed E-state index contributed by atoms with van der Waals surface area (Å²) in [7, 11) is 1.73. The van der Waals surface area contributed by atoms with Gasteiger partial charge in [0.25, 0.3) is 0 Å². The molecule has 1 saturated carbocycles. The van der Waals surface area contributed by atoms with Gasteiger partial charge in [0.05, 0.1) is 12.1 Å². The van der Waals surface area contributed by atoms with Gasteiger partial charge in [-0.3, -0.25) is 9.89 Å². The van der Waals surface area contributed by atoms with Crippen molar-refractivity contribution >= 4 is 29.9 Å². The van der Waals surface area contributed by atoms with Crippen LogP contribution in [-0.4, -0.2) is 61.8 Å². The van der Waals surface area contributed by atoms with Crippen molar-refractivity contribution in [2.24, 2.45) is 4.99 Å². The largest absolute Gasteiger partial charge is 0.377 e. The Bertz CT molecular complexity index is 328. The van der Waals surface area contributed by atoms with E-state index in [-0.39, 0.29) is 29.6 Å². The lowest BCUT2D eigenvalue weighted by Crippen LogP contribution is -2.44. The van der Waals surface area contributed by atoms with Crippen molar-refractivity contribution in [1.82, 2.24) is 15.5 Å². The van der Waals surface area contributed by atoms with E-state index in [4.69, 9.17) is 4.74 Å². The lowest BCUT2D eigenvalue weighted by atomic mass is 10.1. The highest BCUT2D eigenvalue weighted by Crippen LogP contribution is 2.27. The predicted molar refractivity (Wildman–Crippen MR) is 105 cm³/mol. The zero-order valence-electron chi connectivity index (χ0n) is 15.1. The molecule has 0 heterocycles. The van der Waals surface area contributed by atoms with Gasteiger partial charge in [-0.1, -0.05) is 0 Å². The van der Waals surface area contributed by atoms with E-state index in [0.29, 0.717) is 12.6 Å². The molecule has 0 aromatic heterocycles. The molecular formula is C16H35IN4O. The van der Waals surface area contributed by atoms with Crippen molar-refractivity contribution in [2.75, 3.05) is 33.3 Å². The fourth-order valence-electron chi connectivity index (χ4n) is 2.25. The van der Waals surface area contributed by atoms with E-state index in [1.165, 1.54) is 12.8 Å². The van der Waals surface area contributed by atoms with E-state index >= 15 is 0 Å². The van der Waals surface area contributed by atoms with Crippen molar-refractivity contribution in [1.29, 1.82) is 0 Å². The summed E-state index contributed by atoms with van der Waals surface area (Å²) in [5, 5.41) is 6.72. The second kappa shape index (κ2) is 10.6. The molecule has 0 aromatic rings. The van der Waals surface area contributed by atoms with Gasteiger partial charge >= 0.3 is 0 Å². The molecular weight excluding hydrogens is 391 g/mol. The maximum absolute atomic E-state index is 5.41. The Morgan fingerprint density at radius 1 is 1.32 bits per heavy atom. The van der Waals surface area contributed by atoms with Gasteiger partial charge in [0.15, 0.2) is 5.96 Å². The molecule has 22 heavy (non-hydrogen) atoms. The number of hydrogen-bond donors (Lipinski definition) is 2. The quantitative estimate of drug-likeness (QED) is 0.338. The van der Waals surface area contributed by atoms with Gasteiger partial charge in [0, 0.05) is 38.8 Å². The highest BCUT2D eigenvalue weighted by atomic mass is 127. The third kappa shape index (κ3) is 8.53. The second-order valence-electron chi connectivity index (χ2n) is 6.65. The summed E-state index contributed by atoms with van der Waals surface area (Å²) in [5.74, 6) is 0.877. The van der Waals surface area contributed by atoms with Crippen LogP contribution < -0.4 is 10.6 Å². The number of ether oxygens (including phenoxy) is 1. The number of halogens is 1. The maximum Gasteiger partial charge on any atom is 0.191 e. The third-order valence-electron chi connectivity index (χ3n) is 3.86. The fourth-order valence-corrected chi connectivity index (χ4v) is 2.25. The van der Waals surface area contributed by atoms with Gasteiger partial charge in [-0.25, -0.2) is 0 Å². The van der Waals surface area contributed by atoms with Gasteiger partial charge in [0.1, 0.15) is 0 Å². The van der Waals surface area contributed by atoms with Crippen molar-refractivity contribution in [3.05, 3.63) is 0 Å². The summed E-state index contributed by atoms with van der Waals surface area (Å²) in [6, 6.07) is 1.42. The normalized spacial score (nSPS) is 15.9. The van der Waals surface area contributed by atoms with Crippen LogP contribution in [0.3, 0.4) is 0 Å². The fraction of sp³-hybridized carbons (Fsp3) is 0.938. The van der Waals surface area contributed by atoms with Crippen molar-refractivity contribution in [3.8, 4) is 0 Å². The molecule has 0 bridgehead atoms. The van der Waals surface area contributed by atoms with E-state index in [1.807, 2.05) is 13.8 Å². The minimum Gasteiger partial charge on any atom is -0.377 e. The Morgan fingerprint density at radius 3 is 2.41 bits per heavy atom. The molecule has 1 aliphatic carbocycles. The summed E-state index contributed by atoms with van der Waals surface area (Å²) in [6.07, 6.45) is 2.71. The highest BCUT2D eigenvalue weighted by Gasteiger charge is 2.30. The molecule has 5 nitrogen and oxygen atoms in total. The number of nitrogens with zero attached hydrogens (tertiary/aromatic N) is 2. The Kier molecular flexibility index (Phi) is 10.6.